The van der Waals surface area contributed by atoms with Crippen molar-refractivity contribution in [3.63, 3.8) is 0 Å². The van der Waals surface area contributed by atoms with E-state index in [1.165, 1.54) is 25.1 Å². The molecule has 0 saturated carbocycles. The molecule has 2 fully saturated rings. The number of nitrogens with zero attached hydrogens (tertiary/aromatic N) is 3. The van der Waals surface area contributed by atoms with Crippen LogP contribution in [0.25, 0.3) is 11.0 Å². The van der Waals surface area contributed by atoms with Gasteiger partial charge in [0.25, 0.3) is 11.5 Å². The molecule has 0 aromatic carbocycles. The minimum atomic E-state index is -0.604. The van der Waals surface area contributed by atoms with Crippen LogP contribution in [0.4, 0.5) is 0 Å². The van der Waals surface area contributed by atoms with Gasteiger partial charge in [-0.3, -0.25) is 24.5 Å². The quantitative estimate of drug-likeness (QED) is 0.762. The van der Waals surface area contributed by atoms with Gasteiger partial charge < -0.3 is 4.90 Å². The van der Waals surface area contributed by atoms with E-state index in [1.807, 2.05) is 4.90 Å². The lowest BCUT2D eigenvalue weighted by molar-refractivity contribution is 0.0372. The van der Waals surface area contributed by atoms with Crippen LogP contribution in [0.1, 0.15) is 29.6 Å². The number of hydrogen-bond acceptors (Lipinski definition) is 5. The number of nitrogens with one attached hydrogen (secondary N) is 2. The largest absolute Gasteiger partial charge is 0.336 e. The molecular weight excluding hydrogens is 310 g/mol. The molecule has 0 aliphatic carbocycles. The molecule has 2 aromatic heterocycles. The van der Waals surface area contributed by atoms with E-state index < -0.39 is 11.2 Å². The van der Waals surface area contributed by atoms with Gasteiger partial charge in [0.1, 0.15) is 5.65 Å². The monoisotopic (exact) mass is 329 g/mol. The molecule has 126 valence electrons. The van der Waals surface area contributed by atoms with Crippen LogP contribution in [0.2, 0.25) is 0 Å². The normalized spacial score (nSPS) is 21.7. The molecule has 8 nitrogen and oxygen atoms in total. The maximum absolute atomic E-state index is 12.8. The van der Waals surface area contributed by atoms with Crippen LogP contribution in [0, 0.1) is 0 Å². The molecule has 0 unspecified atom stereocenters. The number of carbonyl (C=O) groups excluding carboxylic acids is 1. The number of amides is 1. The Balaban J connectivity index is 1.61. The molecule has 0 bridgehead atoms. The number of fused-ring (bicyclic) bond motifs is 2. The van der Waals surface area contributed by atoms with Crippen LogP contribution < -0.4 is 11.2 Å². The number of piperazine rings is 1. The van der Waals surface area contributed by atoms with Gasteiger partial charge in [0, 0.05) is 31.9 Å². The fourth-order valence-corrected chi connectivity index (χ4v) is 3.69. The zero-order valence-corrected chi connectivity index (χ0v) is 13.2. The molecule has 0 spiro atoms. The maximum atomic E-state index is 12.8. The molecule has 2 saturated heterocycles. The van der Waals surface area contributed by atoms with E-state index in [4.69, 9.17) is 0 Å². The van der Waals surface area contributed by atoms with E-state index in [9.17, 15) is 14.4 Å². The number of pyridine rings is 1. The van der Waals surface area contributed by atoms with E-state index in [-0.39, 0.29) is 16.9 Å². The van der Waals surface area contributed by atoms with Crippen LogP contribution in [0.3, 0.4) is 0 Å². The highest BCUT2D eigenvalue weighted by Crippen LogP contribution is 2.22. The average molecular weight is 329 g/mol. The summed E-state index contributed by atoms with van der Waals surface area (Å²) in [6.45, 7) is 3.42. The second-order valence-electron chi connectivity index (χ2n) is 6.47. The Kier molecular flexibility index (Phi) is 3.68. The summed E-state index contributed by atoms with van der Waals surface area (Å²) in [4.78, 5) is 48.9. The standard InChI is InChI=1S/C16H19N5O3/c22-14-12-7-10(8-17-13(12)18-16(24)19-14)15(23)21-6-5-20-4-2-1-3-11(20)9-21/h7-8,11H,1-6,9H2,(H2,17,18,19,22,24)/t11-/m0/s1. The number of carbonyl (C=O) groups is 1. The van der Waals surface area contributed by atoms with Gasteiger partial charge in [0.15, 0.2) is 0 Å². The first-order chi connectivity index (χ1) is 11.6. The van der Waals surface area contributed by atoms with E-state index in [1.54, 1.807) is 0 Å². The zero-order valence-electron chi connectivity index (χ0n) is 13.2. The number of hydrogen-bond donors (Lipinski definition) is 2. The molecule has 1 amide bonds. The molecule has 2 aliphatic rings. The summed E-state index contributed by atoms with van der Waals surface area (Å²) in [5, 5.41) is 0.219. The van der Waals surface area contributed by atoms with Crippen LogP contribution in [-0.4, -0.2) is 62.9 Å². The molecule has 4 heterocycles. The predicted octanol–water partition coefficient (Wildman–Crippen LogP) is -0.0783. The van der Waals surface area contributed by atoms with Crippen molar-refractivity contribution in [2.75, 3.05) is 26.2 Å². The Hall–Kier alpha value is -2.48. The second-order valence-corrected chi connectivity index (χ2v) is 6.47. The number of rotatable bonds is 1. The molecule has 1 atom stereocenters. The number of H-pyrrole nitrogens is 2. The average Bonchev–Trinajstić information content (AvgIpc) is 2.60. The van der Waals surface area contributed by atoms with Crippen LogP contribution in [0.5, 0.6) is 0 Å². The minimum absolute atomic E-state index is 0.111. The summed E-state index contributed by atoms with van der Waals surface area (Å²) < 4.78 is 0. The Morgan fingerprint density at radius 3 is 2.92 bits per heavy atom. The lowest BCUT2D eigenvalue weighted by Crippen LogP contribution is -2.56. The summed E-state index contributed by atoms with van der Waals surface area (Å²) in [7, 11) is 0. The van der Waals surface area contributed by atoms with Gasteiger partial charge in [-0.15, -0.1) is 0 Å². The molecule has 4 rings (SSSR count). The smallest absolute Gasteiger partial charge is 0.327 e. The van der Waals surface area contributed by atoms with Crippen molar-refractivity contribution in [3.8, 4) is 0 Å². The number of piperidine rings is 1. The molecule has 24 heavy (non-hydrogen) atoms. The van der Waals surface area contributed by atoms with Crippen molar-refractivity contribution in [2.24, 2.45) is 0 Å². The van der Waals surface area contributed by atoms with Crippen molar-refractivity contribution in [1.29, 1.82) is 0 Å². The van der Waals surface area contributed by atoms with Crippen molar-refractivity contribution in [1.82, 2.24) is 24.8 Å². The lowest BCUT2D eigenvalue weighted by atomic mass is 9.99. The van der Waals surface area contributed by atoms with Crippen LogP contribution in [0.15, 0.2) is 21.9 Å². The first-order valence-electron chi connectivity index (χ1n) is 8.27. The van der Waals surface area contributed by atoms with Gasteiger partial charge in [-0.05, 0) is 25.5 Å². The summed E-state index contributed by atoms with van der Waals surface area (Å²) in [5.74, 6) is -0.111. The Bertz CT molecular complexity index is 902. The third-order valence-electron chi connectivity index (χ3n) is 4.96. The topological polar surface area (TPSA) is 102 Å². The number of aromatic nitrogens is 3. The van der Waals surface area contributed by atoms with Gasteiger partial charge >= 0.3 is 5.69 Å². The maximum Gasteiger partial charge on any atom is 0.327 e. The third-order valence-corrected chi connectivity index (χ3v) is 4.96. The van der Waals surface area contributed by atoms with Crippen LogP contribution >= 0.6 is 0 Å². The molecular formula is C16H19N5O3. The predicted molar refractivity (Wildman–Crippen MR) is 88.1 cm³/mol. The van der Waals surface area contributed by atoms with Gasteiger partial charge in [0.2, 0.25) is 0 Å². The lowest BCUT2D eigenvalue weighted by Gasteiger charge is -2.44. The fraction of sp³-hybridized carbons (Fsp3) is 0.500. The summed E-state index contributed by atoms with van der Waals surface area (Å²) in [6, 6.07) is 1.94. The van der Waals surface area contributed by atoms with Crippen LogP contribution in [-0.2, 0) is 0 Å². The van der Waals surface area contributed by atoms with Crippen molar-refractivity contribution in [2.45, 2.75) is 25.3 Å². The van der Waals surface area contributed by atoms with Gasteiger partial charge in [0.05, 0.1) is 10.9 Å². The highest BCUT2D eigenvalue weighted by molar-refractivity contribution is 5.96. The van der Waals surface area contributed by atoms with Gasteiger partial charge in [-0.2, -0.15) is 0 Å². The van der Waals surface area contributed by atoms with E-state index in [0.717, 1.165) is 26.1 Å². The highest BCUT2D eigenvalue weighted by atomic mass is 16.2. The van der Waals surface area contributed by atoms with Crippen molar-refractivity contribution in [3.05, 3.63) is 38.7 Å². The first-order valence-corrected chi connectivity index (χ1v) is 8.27. The highest BCUT2D eigenvalue weighted by Gasteiger charge is 2.31. The second kappa shape index (κ2) is 5.86. The molecule has 2 aliphatic heterocycles. The Labute approximate surface area is 137 Å². The SMILES string of the molecule is O=C(c1cnc2[nH]c(=O)[nH]c(=O)c2c1)N1CCN2CCCC[C@H]2C1. The molecule has 0 radical (unpaired) electrons. The van der Waals surface area contributed by atoms with E-state index in [2.05, 4.69) is 19.9 Å². The Morgan fingerprint density at radius 1 is 1.17 bits per heavy atom. The molecule has 2 aromatic rings. The van der Waals surface area contributed by atoms with Crippen molar-refractivity contribution >= 4 is 16.9 Å². The van der Waals surface area contributed by atoms with E-state index in [0.29, 0.717) is 18.2 Å². The fourth-order valence-electron chi connectivity index (χ4n) is 3.69. The Morgan fingerprint density at radius 2 is 2.04 bits per heavy atom. The minimum Gasteiger partial charge on any atom is -0.336 e. The molecule has 2 N–H and O–H groups in total. The van der Waals surface area contributed by atoms with Gasteiger partial charge in [-0.1, -0.05) is 6.42 Å². The number of aromatic amines is 2. The summed E-state index contributed by atoms with van der Waals surface area (Å²) in [5.41, 5.74) is -0.567. The summed E-state index contributed by atoms with van der Waals surface area (Å²) in [6.07, 6.45) is 5.00. The van der Waals surface area contributed by atoms with Crippen molar-refractivity contribution < 1.29 is 4.79 Å². The summed E-state index contributed by atoms with van der Waals surface area (Å²) >= 11 is 0. The van der Waals surface area contributed by atoms with E-state index >= 15 is 0 Å². The third kappa shape index (κ3) is 2.62. The van der Waals surface area contributed by atoms with Gasteiger partial charge in [-0.25, -0.2) is 9.78 Å². The molecule has 8 heteroatoms. The zero-order chi connectivity index (χ0) is 16.7. The first kappa shape index (κ1) is 15.1.